The molecule has 0 saturated carbocycles. The summed E-state index contributed by atoms with van der Waals surface area (Å²) < 4.78 is 12.8. The highest BCUT2D eigenvalue weighted by atomic mass is 19.1. The number of benzene rings is 1. The summed E-state index contributed by atoms with van der Waals surface area (Å²) in [5.74, 6) is 1.76. The van der Waals surface area contributed by atoms with Crippen LogP contribution in [0.3, 0.4) is 0 Å². The number of terminal acetylenes is 1. The quantitative estimate of drug-likeness (QED) is 0.734. The molecule has 0 aromatic heterocycles. The van der Waals surface area contributed by atoms with Crippen LogP contribution in [-0.2, 0) is 0 Å². The van der Waals surface area contributed by atoms with Crippen molar-refractivity contribution in [3.63, 3.8) is 0 Å². The molecule has 2 nitrogen and oxygen atoms in total. The predicted octanol–water partition coefficient (Wildman–Crippen LogP) is 1.89. The van der Waals surface area contributed by atoms with E-state index < -0.39 is 0 Å². The van der Waals surface area contributed by atoms with Crippen LogP contribution in [0.4, 0.5) is 4.39 Å². The van der Waals surface area contributed by atoms with E-state index in [-0.39, 0.29) is 17.8 Å². The summed E-state index contributed by atoms with van der Waals surface area (Å²) in [5, 5.41) is 2.61. The zero-order valence-electron chi connectivity index (χ0n) is 8.67. The first-order valence-electron chi connectivity index (χ1n) is 4.57. The third-order valence-corrected chi connectivity index (χ3v) is 2.03. The Bertz CT molecular complexity index is 420. The normalized spacial score (nSPS) is 11.6. The van der Waals surface area contributed by atoms with Crippen molar-refractivity contribution in [3.8, 4) is 12.3 Å². The molecule has 0 bridgehead atoms. The van der Waals surface area contributed by atoms with Gasteiger partial charge in [-0.15, -0.1) is 6.42 Å². The molecule has 1 N–H and O–H groups in total. The molecule has 1 atom stereocenters. The molecule has 0 fully saturated rings. The maximum atomic E-state index is 12.8. The van der Waals surface area contributed by atoms with E-state index in [2.05, 4.69) is 11.2 Å². The van der Waals surface area contributed by atoms with Crippen LogP contribution in [0.5, 0.6) is 0 Å². The minimum absolute atomic E-state index is 0.280. The molecule has 15 heavy (non-hydrogen) atoms. The van der Waals surface area contributed by atoms with Gasteiger partial charge in [-0.05, 0) is 37.6 Å². The third-order valence-electron chi connectivity index (χ3n) is 2.03. The van der Waals surface area contributed by atoms with Crippen molar-refractivity contribution in [2.75, 3.05) is 0 Å². The molecule has 0 aliphatic rings. The Morgan fingerprint density at radius 3 is 2.80 bits per heavy atom. The zero-order chi connectivity index (χ0) is 11.4. The van der Waals surface area contributed by atoms with Crippen molar-refractivity contribution in [3.05, 3.63) is 35.1 Å². The van der Waals surface area contributed by atoms with Gasteiger partial charge < -0.3 is 5.32 Å². The van der Waals surface area contributed by atoms with Crippen LogP contribution in [-0.4, -0.2) is 11.9 Å². The van der Waals surface area contributed by atoms with Crippen molar-refractivity contribution in [2.24, 2.45) is 0 Å². The second-order valence-corrected chi connectivity index (χ2v) is 3.32. The average Bonchev–Trinajstić information content (AvgIpc) is 2.17. The number of aryl methyl sites for hydroxylation is 1. The van der Waals surface area contributed by atoms with Gasteiger partial charge in [0.25, 0.3) is 5.91 Å². The molecule has 1 rings (SSSR count). The van der Waals surface area contributed by atoms with E-state index in [4.69, 9.17) is 6.42 Å². The Morgan fingerprint density at radius 2 is 2.27 bits per heavy atom. The van der Waals surface area contributed by atoms with Crippen LogP contribution < -0.4 is 5.32 Å². The lowest BCUT2D eigenvalue weighted by molar-refractivity contribution is 0.0947. The Hall–Kier alpha value is -1.82. The molecule has 0 aliphatic carbocycles. The summed E-state index contributed by atoms with van der Waals surface area (Å²) in [5.41, 5.74) is 1.04. The van der Waals surface area contributed by atoms with E-state index >= 15 is 0 Å². The SMILES string of the molecule is C#CC(C)NC(=O)c1ccc(F)cc1C. The van der Waals surface area contributed by atoms with Gasteiger partial charge >= 0.3 is 0 Å². The molecule has 0 radical (unpaired) electrons. The van der Waals surface area contributed by atoms with Gasteiger partial charge in [-0.25, -0.2) is 4.39 Å². The molecule has 1 aromatic carbocycles. The molecule has 0 spiro atoms. The molecule has 0 heterocycles. The predicted molar refractivity (Wildman–Crippen MR) is 56.9 cm³/mol. The molecular formula is C12H12FNO. The first-order chi connectivity index (χ1) is 7.04. The lowest BCUT2D eigenvalue weighted by Gasteiger charge is -2.09. The van der Waals surface area contributed by atoms with Crippen molar-refractivity contribution >= 4 is 5.91 Å². The Kier molecular flexibility index (Phi) is 3.46. The van der Waals surface area contributed by atoms with Crippen molar-refractivity contribution in [1.29, 1.82) is 0 Å². The summed E-state index contributed by atoms with van der Waals surface area (Å²) in [6.07, 6.45) is 5.14. The van der Waals surface area contributed by atoms with Gasteiger partial charge in [-0.3, -0.25) is 4.79 Å². The van der Waals surface area contributed by atoms with Gasteiger partial charge in [0.15, 0.2) is 0 Å². The smallest absolute Gasteiger partial charge is 0.252 e. The molecule has 1 unspecified atom stereocenters. The fraction of sp³-hybridized carbons (Fsp3) is 0.250. The summed E-state index contributed by atoms with van der Waals surface area (Å²) in [6, 6.07) is 3.68. The molecule has 78 valence electrons. The van der Waals surface area contributed by atoms with Gasteiger partial charge in [-0.1, -0.05) is 5.92 Å². The monoisotopic (exact) mass is 205 g/mol. The molecule has 0 aliphatic heterocycles. The first-order valence-corrected chi connectivity index (χ1v) is 4.57. The van der Waals surface area contributed by atoms with E-state index in [1.807, 2.05) is 0 Å². The largest absolute Gasteiger partial charge is 0.339 e. The minimum atomic E-state index is -0.353. The van der Waals surface area contributed by atoms with Crippen LogP contribution >= 0.6 is 0 Å². The maximum Gasteiger partial charge on any atom is 0.252 e. The molecule has 1 amide bonds. The summed E-state index contributed by atoms with van der Waals surface area (Å²) >= 11 is 0. The summed E-state index contributed by atoms with van der Waals surface area (Å²) in [6.45, 7) is 3.38. The molecular weight excluding hydrogens is 193 g/mol. The lowest BCUT2D eigenvalue weighted by Crippen LogP contribution is -2.31. The second-order valence-electron chi connectivity index (χ2n) is 3.32. The number of hydrogen-bond acceptors (Lipinski definition) is 1. The number of hydrogen-bond donors (Lipinski definition) is 1. The fourth-order valence-electron chi connectivity index (χ4n) is 1.20. The average molecular weight is 205 g/mol. The topological polar surface area (TPSA) is 29.1 Å². The number of nitrogens with one attached hydrogen (secondary N) is 1. The Labute approximate surface area is 88.5 Å². The van der Waals surface area contributed by atoms with Gasteiger partial charge in [0.05, 0.1) is 6.04 Å². The summed E-state index contributed by atoms with van der Waals surface area (Å²) in [4.78, 5) is 11.6. The van der Waals surface area contributed by atoms with Gasteiger partial charge in [0.1, 0.15) is 5.82 Å². The van der Waals surface area contributed by atoms with Crippen LogP contribution in [0.1, 0.15) is 22.8 Å². The van der Waals surface area contributed by atoms with Gasteiger partial charge in [0, 0.05) is 5.56 Å². The van der Waals surface area contributed by atoms with E-state index in [9.17, 15) is 9.18 Å². The molecule has 0 saturated heterocycles. The fourth-order valence-corrected chi connectivity index (χ4v) is 1.20. The van der Waals surface area contributed by atoms with Crippen LogP contribution in [0.25, 0.3) is 0 Å². The van der Waals surface area contributed by atoms with E-state index in [1.165, 1.54) is 18.2 Å². The Morgan fingerprint density at radius 1 is 1.60 bits per heavy atom. The maximum absolute atomic E-state index is 12.8. The highest BCUT2D eigenvalue weighted by Gasteiger charge is 2.10. The summed E-state index contributed by atoms with van der Waals surface area (Å²) in [7, 11) is 0. The molecule has 3 heteroatoms. The first kappa shape index (κ1) is 11.3. The number of rotatable bonds is 2. The standard InChI is InChI=1S/C12H12FNO/c1-4-9(3)14-12(15)11-6-5-10(13)7-8(11)2/h1,5-7,9H,2-3H3,(H,14,15). The number of carbonyl (C=O) groups is 1. The van der Waals surface area contributed by atoms with Gasteiger partial charge in [-0.2, -0.15) is 0 Å². The number of halogens is 1. The second kappa shape index (κ2) is 4.61. The highest BCUT2D eigenvalue weighted by molar-refractivity contribution is 5.95. The van der Waals surface area contributed by atoms with E-state index in [0.717, 1.165) is 0 Å². The van der Waals surface area contributed by atoms with Crippen LogP contribution in [0, 0.1) is 25.1 Å². The van der Waals surface area contributed by atoms with Gasteiger partial charge in [0.2, 0.25) is 0 Å². The number of amides is 1. The minimum Gasteiger partial charge on any atom is -0.339 e. The third kappa shape index (κ3) is 2.81. The van der Waals surface area contributed by atoms with Crippen molar-refractivity contribution < 1.29 is 9.18 Å². The number of carbonyl (C=O) groups excluding carboxylic acids is 1. The van der Waals surface area contributed by atoms with Crippen LogP contribution in [0.15, 0.2) is 18.2 Å². The van der Waals surface area contributed by atoms with E-state index in [1.54, 1.807) is 13.8 Å². The zero-order valence-corrected chi connectivity index (χ0v) is 8.67. The van der Waals surface area contributed by atoms with E-state index in [0.29, 0.717) is 11.1 Å². The van der Waals surface area contributed by atoms with Crippen LogP contribution in [0.2, 0.25) is 0 Å². The van der Waals surface area contributed by atoms with Crippen molar-refractivity contribution in [2.45, 2.75) is 19.9 Å². The highest BCUT2D eigenvalue weighted by Crippen LogP contribution is 2.09. The Balaban J connectivity index is 2.88. The molecule has 1 aromatic rings. The van der Waals surface area contributed by atoms with Crippen molar-refractivity contribution in [1.82, 2.24) is 5.32 Å². The lowest BCUT2D eigenvalue weighted by atomic mass is 10.1.